The monoisotopic (exact) mass is 403 g/mol. The van der Waals surface area contributed by atoms with Crippen molar-refractivity contribution < 1.29 is 4.79 Å². The molecule has 1 N–H and O–H groups in total. The Morgan fingerprint density at radius 3 is 2.83 bits per heavy atom. The zero-order valence-corrected chi connectivity index (χ0v) is 17.1. The van der Waals surface area contributed by atoms with Gasteiger partial charge < -0.3 is 5.32 Å². The fourth-order valence-electron chi connectivity index (χ4n) is 3.12. The van der Waals surface area contributed by atoms with Gasteiger partial charge >= 0.3 is 0 Å². The van der Waals surface area contributed by atoms with Crippen LogP contribution >= 0.6 is 11.3 Å². The summed E-state index contributed by atoms with van der Waals surface area (Å²) in [6.45, 7) is 4.01. The van der Waals surface area contributed by atoms with E-state index in [0.29, 0.717) is 24.5 Å². The number of fused-ring (bicyclic) bond motifs is 1. The van der Waals surface area contributed by atoms with Crippen molar-refractivity contribution in [1.29, 1.82) is 0 Å². The van der Waals surface area contributed by atoms with Gasteiger partial charge in [-0.25, -0.2) is 9.97 Å². The first-order chi connectivity index (χ1) is 14.1. The van der Waals surface area contributed by atoms with E-state index in [2.05, 4.69) is 25.3 Å². The molecule has 0 spiro atoms. The van der Waals surface area contributed by atoms with E-state index in [-0.39, 0.29) is 11.8 Å². The summed E-state index contributed by atoms with van der Waals surface area (Å²) in [4.78, 5) is 31.8. The summed E-state index contributed by atoms with van der Waals surface area (Å²) in [6.07, 6.45) is 6.29. The molecule has 0 bridgehead atoms. The van der Waals surface area contributed by atoms with Crippen LogP contribution in [-0.2, 0) is 6.42 Å². The molecule has 0 aliphatic heterocycles. The smallest absolute Gasteiger partial charge is 0.224 e. The molecule has 0 aromatic carbocycles. The molecule has 0 amide bonds. The summed E-state index contributed by atoms with van der Waals surface area (Å²) in [5.74, 6) is 0.454. The Labute approximate surface area is 173 Å². The van der Waals surface area contributed by atoms with Crippen molar-refractivity contribution in [3.63, 3.8) is 0 Å². The van der Waals surface area contributed by atoms with Crippen LogP contribution in [0.1, 0.15) is 46.0 Å². The van der Waals surface area contributed by atoms with Gasteiger partial charge in [0, 0.05) is 29.9 Å². The van der Waals surface area contributed by atoms with Gasteiger partial charge in [0.05, 0.1) is 22.0 Å². The normalized spacial score (nSPS) is 12.1. The number of nitrogens with one attached hydrogen (secondary N) is 1. The SMILES string of the molecule is Cc1cc2nc(N[C@@H](C)c3ccccn3)nc(C(=O)CCc3cccnc3)c2s1. The molecule has 4 rings (SSSR count). The van der Waals surface area contributed by atoms with Crippen molar-refractivity contribution in [2.45, 2.75) is 32.7 Å². The summed E-state index contributed by atoms with van der Waals surface area (Å²) in [5.41, 5.74) is 3.20. The van der Waals surface area contributed by atoms with Crippen molar-refractivity contribution in [3.8, 4) is 0 Å². The van der Waals surface area contributed by atoms with Gasteiger partial charge in [-0.3, -0.25) is 14.8 Å². The number of rotatable bonds is 7. The third-order valence-electron chi connectivity index (χ3n) is 4.60. The van der Waals surface area contributed by atoms with Crippen LogP contribution in [0.2, 0.25) is 0 Å². The predicted octanol–water partition coefficient (Wildman–Crippen LogP) is 4.78. The molecule has 1 atom stereocenters. The zero-order chi connectivity index (χ0) is 20.2. The third kappa shape index (κ3) is 4.46. The maximum atomic E-state index is 13.0. The van der Waals surface area contributed by atoms with E-state index < -0.39 is 0 Å². The average Bonchev–Trinajstić information content (AvgIpc) is 3.12. The molecule has 146 valence electrons. The zero-order valence-electron chi connectivity index (χ0n) is 16.3. The molecule has 4 aromatic rings. The summed E-state index contributed by atoms with van der Waals surface area (Å²) in [7, 11) is 0. The lowest BCUT2D eigenvalue weighted by molar-refractivity contribution is 0.0980. The van der Waals surface area contributed by atoms with Gasteiger partial charge in [0.15, 0.2) is 5.78 Å². The Morgan fingerprint density at radius 2 is 2.07 bits per heavy atom. The Balaban J connectivity index is 1.61. The van der Waals surface area contributed by atoms with Crippen LogP contribution < -0.4 is 5.32 Å². The number of pyridine rings is 2. The highest BCUT2D eigenvalue weighted by Gasteiger charge is 2.18. The fourth-order valence-corrected chi connectivity index (χ4v) is 4.08. The maximum absolute atomic E-state index is 13.0. The molecule has 0 aliphatic carbocycles. The first-order valence-electron chi connectivity index (χ1n) is 9.48. The number of aryl methyl sites for hydroxylation is 2. The molecule has 7 heteroatoms. The minimum absolute atomic E-state index is 0.0108. The Morgan fingerprint density at radius 1 is 1.17 bits per heavy atom. The largest absolute Gasteiger partial charge is 0.346 e. The summed E-state index contributed by atoms with van der Waals surface area (Å²) in [6, 6.07) is 11.6. The summed E-state index contributed by atoms with van der Waals surface area (Å²) >= 11 is 1.55. The van der Waals surface area contributed by atoms with Gasteiger partial charge in [-0.05, 0) is 50.1 Å². The Kier molecular flexibility index (Phi) is 5.57. The fraction of sp³-hybridized carbons (Fsp3) is 0.227. The van der Waals surface area contributed by atoms with Gasteiger partial charge in [-0.1, -0.05) is 12.1 Å². The van der Waals surface area contributed by atoms with Crippen molar-refractivity contribution in [2.24, 2.45) is 0 Å². The lowest BCUT2D eigenvalue weighted by Gasteiger charge is -2.14. The molecule has 4 aromatic heterocycles. The van der Waals surface area contributed by atoms with Crippen LogP contribution in [0.4, 0.5) is 5.95 Å². The van der Waals surface area contributed by atoms with Gasteiger partial charge in [0.25, 0.3) is 0 Å². The van der Waals surface area contributed by atoms with Gasteiger partial charge in [0.2, 0.25) is 5.95 Å². The van der Waals surface area contributed by atoms with E-state index in [4.69, 9.17) is 0 Å². The summed E-state index contributed by atoms with van der Waals surface area (Å²) < 4.78 is 0.842. The van der Waals surface area contributed by atoms with Crippen molar-refractivity contribution in [3.05, 3.63) is 76.8 Å². The van der Waals surface area contributed by atoms with Crippen LogP contribution in [0, 0.1) is 6.92 Å². The molecule has 0 aliphatic rings. The highest BCUT2D eigenvalue weighted by molar-refractivity contribution is 7.19. The van der Waals surface area contributed by atoms with Crippen LogP contribution in [0.3, 0.4) is 0 Å². The van der Waals surface area contributed by atoms with Crippen molar-refractivity contribution >= 4 is 33.3 Å². The first kappa shape index (κ1) is 19.1. The van der Waals surface area contributed by atoms with E-state index in [1.807, 2.05) is 50.2 Å². The number of carbonyl (C=O) groups excluding carboxylic acids is 1. The second-order valence-electron chi connectivity index (χ2n) is 6.87. The van der Waals surface area contributed by atoms with E-state index in [1.54, 1.807) is 29.9 Å². The van der Waals surface area contributed by atoms with Crippen molar-refractivity contribution in [2.75, 3.05) is 5.32 Å². The molecule has 4 heterocycles. The molecule has 0 unspecified atom stereocenters. The molecule has 0 saturated carbocycles. The van der Waals surface area contributed by atoms with Crippen LogP contribution in [0.5, 0.6) is 0 Å². The lowest BCUT2D eigenvalue weighted by Crippen LogP contribution is -2.13. The Bertz CT molecular complexity index is 1130. The molecule has 29 heavy (non-hydrogen) atoms. The van der Waals surface area contributed by atoms with Crippen LogP contribution in [-0.4, -0.2) is 25.7 Å². The average molecular weight is 404 g/mol. The van der Waals surface area contributed by atoms with Crippen LogP contribution in [0.15, 0.2) is 55.0 Å². The van der Waals surface area contributed by atoms with Crippen LogP contribution in [0.25, 0.3) is 10.2 Å². The number of ketones is 1. The van der Waals surface area contributed by atoms with Gasteiger partial charge in [-0.15, -0.1) is 11.3 Å². The second-order valence-corrected chi connectivity index (χ2v) is 8.13. The standard InChI is InChI=1S/C22H21N5OS/c1-14-12-18-21(29-14)20(19(28)9-8-16-6-5-10-23-13-16)27-22(26-18)25-15(2)17-7-3-4-11-24-17/h3-7,10-13,15H,8-9H2,1-2H3,(H,25,26,27)/t15-/m0/s1. The van der Waals surface area contributed by atoms with E-state index in [0.717, 1.165) is 26.4 Å². The minimum atomic E-state index is -0.0771. The van der Waals surface area contributed by atoms with E-state index >= 15 is 0 Å². The van der Waals surface area contributed by atoms with Gasteiger partial charge in [-0.2, -0.15) is 0 Å². The number of thiophene rings is 1. The molecular weight excluding hydrogens is 382 g/mol. The topological polar surface area (TPSA) is 80.7 Å². The molecular formula is C22H21N5OS. The minimum Gasteiger partial charge on any atom is -0.346 e. The third-order valence-corrected chi connectivity index (χ3v) is 5.65. The highest BCUT2D eigenvalue weighted by atomic mass is 32.1. The molecule has 6 nitrogen and oxygen atoms in total. The summed E-state index contributed by atoms with van der Waals surface area (Å²) in [5, 5.41) is 3.29. The quantitative estimate of drug-likeness (QED) is 0.447. The molecule has 0 radical (unpaired) electrons. The Hall–Kier alpha value is -3.19. The molecule has 0 saturated heterocycles. The van der Waals surface area contributed by atoms with E-state index in [9.17, 15) is 4.79 Å². The molecule has 0 fully saturated rings. The number of anilines is 1. The second kappa shape index (κ2) is 8.45. The maximum Gasteiger partial charge on any atom is 0.224 e. The number of aromatic nitrogens is 4. The lowest BCUT2D eigenvalue weighted by atomic mass is 10.1. The number of carbonyl (C=O) groups is 1. The number of hydrogen-bond donors (Lipinski definition) is 1. The predicted molar refractivity (Wildman–Crippen MR) is 115 cm³/mol. The van der Waals surface area contributed by atoms with Gasteiger partial charge in [0.1, 0.15) is 5.69 Å². The highest BCUT2D eigenvalue weighted by Crippen LogP contribution is 2.29. The number of Topliss-reactive ketones (excluding diaryl/α,β-unsaturated/α-hetero) is 1. The number of hydrogen-bond acceptors (Lipinski definition) is 7. The van der Waals surface area contributed by atoms with Crippen molar-refractivity contribution in [1.82, 2.24) is 19.9 Å². The van der Waals surface area contributed by atoms with E-state index in [1.165, 1.54) is 0 Å². The number of nitrogens with zero attached hydrogens (tertiary/aromatic N) is 4. The first-order valence-corrected chi connectivity index (χ1v) is 10.3.